The smallest absolute Gasteiger partial charge is 0.127 e. The normalized spacial score (nSPS) is 10.9. The maximum Gasteiger partial charge on any atom is 0.127 e. The van der Waals surface area contributed by atoms with Crippen LogP contribution < -0.4 is 14.8 Å². The third-order valence-corrected chi connectivity index (χ3v) is 5.86. The summed E-state index contributed by atoms with van der Waals surface area (Å²) in [5.41, 5.74) is 5.53. The van der Waals surface area contributed by atoms with E-state index >= 15 is 0 Å². The number of benzene rings is 3. The Morgan fingerprint density at radius 2 is 1.91 bits per heavy atom. The van der Waals surface area contributed by atoms with Crippen LogP contribution in [0.25, 0.3) is 27.7 Å². The number of fused-ring (bicyclic) bond motifs is 1. The zero-order chi connectivity index (χ0) is 23.5. The van der Waals surface area contributed by atoms with Crippen LogP contribution in [0.4, 0.5) is 5.69 Å². The summed E-state index contributed by atoms with van der Waals surface area (Å²) in [6.45, 7) is 0.563. The molecule has 5 rings (SSSR count). The number of ether oxygens (including phenoxy) is 2. The number of hydrogen-bond donors (Lipinski definition) is 1. The molecule has 170 valence electrons. The van der Waals surface area contributed by atoms with Crippen molar-refractivity contribution >= 4 is 28.2 Å². The van der Waals surface area contributed by atoms with E-state index in [2.05, 4.69) is 26.7 Å². The minimum absolute atomic E-state index is 0.563. The first-order valence-electron chi connectivity index (χ1n) is 10.7. The first kappa shape index (κ1) is 21.7. The van der Waals surface area contributed by atoms with Gasteiger partial charge in [0.25, 0.3) is 0 Å². The van der Waals surface area contributed by atoms with Gasteiger partial charge in [0.05, 0.1) is 37.3 Å². The van der Waals surface area contributed by atoms with Gasteiger partial charge in [-0.2, -0.15) is 15.3 Å². The van der Waals surface area contributed by atoms with Crippen molar-refractivity contribution in [3.63, 3.8) is 0 Å². The number of hydrogen-bond acceptors (Lipinski definition) is 6. The third-order valence-electron chi connectivity index (χ3n) is 5.62. The van der Waals surface area contributed by atoms with Crippen molar-refractivity contribution in [2.24, 2.45) is 0 Å². The second-order valence-corrected chi connectivity index (χ2v) is 8.07. The Hall–Kier alpha value is -4.10. The minimum atomic E-state index is 0.563. The average Bonchev–Trinajstić information content (AvgIpc) is 3.41. The van der Waals surface area contributed by atoms with E-state index in [0.29, 0.717) is 11.6 Å². The molecule has 0 spiro atoms. The monoisotopic (exact) mass is 471 g/mol. The quantitative estimate of drug-likeness (QED) is 0.325. The van der Waals surface area contributed by atoms with Gasteiger partial charge in [-0.3, -0.25) is 0 Å². The summed E-state index contributed by atoms with van der Waals surface area (Å²) in [4.78, 5) is 0. The Balaban J connectivity index is 1.48. The molecule has 0 atom stereocenters. The van der Waals surface area contributed by atoms with Crippen molar-refractivity contribution < 1.29 is 9.47 Å². The SMILES string of the molecule is COc1ccc(CNc2cnnc3cc(-c4cc(Cl)ccc4-n4cccn4)ccc23)c(OC)c1. The van der Waals surface area contributed by atoms with E-state index in [1.54, 1.807) is 26.6 Å². The Kier molecular flexibility index (Phi) is 6.01. The lowest BCUT2D eigenvalue weighted by Gasteiger charge is -2.14. The highest BCUT2D eigenvalue weighted by atomic mass is 35.5. The standard InChI is InChI=1S/C26H22ClN5O2/c1-33-20-7-4-18(26(14-20)34-2)15-28-24-16-29-31-23-12-17(5-8-21(23)24)22-13-19(27)6-9-25(22)32-11-3-10-30-32/h3-14,16H,15H2,1-2H3,(H,28,31). The molecule has 1 N–H and O–H groups in total. The predicted molar refractivity (Wildman–Crippen MR) is 134 cm³/mol. The van der Waals surface area contributed by atoms with Gasteiger partial charge in [-0.25, -0.2) is 4.68 Å². The number of methoxy groups -OCH3 is 2. The summed E-state index contributed by atoms with van der Waals surface area (Å²) >= 11 is 6.33. The molecule has 2 heterocycles. The van der Waals surface area contributed by atoms with Crippen LogP contribution in [0.3, 0.4) is 0 Å². The number of aromatic nitrogens is 4. The van der Waals surface area contributed by atoms with Crippen LogP contribution in [0, 0.1) is 0 Å². The second-order valence-electron chi connectivity index (χ2n) is 7.63. The molecule has 2 aromatic heterocycles. The Morgan fingerprint density at radius 1 is 1.00 bits per heavy atom. The first-order chi connectivity index (χ1) is 16.7. The molecule has 0 aliphatic rings. The molecule has 0 aliphatic carbocycles. The van der Waals surface area contributed by atoms with Gasteiger partial charge in [0.1, 0.15) is 11.5 Å². The molecule has 5 aromatic rings. The van der Waals surface area contributed by atoms with Gasteiger partial charge in [-0.1, -0.05) is 17.7 Å². The van der Waals surface area contributed by atoms with E-state index < -0.39 is 0 Å². The van der Waals surface area contributed by atoms with E-state index in [4.69, 9.17) is 21.1 Å². The van der Waals surface area contributed by atoms with Crippen molar-refractivity contribution in [3.8, 4) is 28.3 Å². The van der Waals surface area contributed by atoms with Gasteiger partial charge >= 0.3 is 0 Å². The topological polar surface area (TPSA) is 74.1 Å². The fourth-order valence-corrected chi connectivity index (χ4v) is 4.08. The molecule has 0 aliphatic heterocycles. The van der Waals surface area contributed by atoms with E-state index in [9.17, 15) is 0 Å². The fraction of sp³-hybridized carbons (Fsp3) is 0.115. The first-order valence-corrected chi connectivity index (χ1v) is 11.0. The molecular formula is C26H22ClN5O2. The number of rotatable bonds is 7. The van der Waals surface area contributed by atoms with Crippen molar-refractivity contribution in [3.05, 3.63) is 89.8 Å². The zero-order valence-corrected chi connectivity index (χ0v) is 19.5. The summed E-state index contributed by atoms with van der Waals surface area (Å²) in [6.07, 6.45) is 5.38. The number of nitrogens with one attached hydrogen (secondary N) is 1. The Bertz CT molecular complexity index is 1450. The maximum atomic E-state index is 6.33. The van der Waals surface area contributed by atoms with Crippen molar-refractivity contribution in [2.45, 2.75) is 6.54 Å². The number of nitrogens with zero attached hydrogens (tertiary/aromatic N) is 4. The molecule has 7 nitrogen and oxygen atoms in total. The number of anilines is 1. The summed E-state index contributed by atoms with van der Waals surface area (Å²) in [5, 5.41) is 18.0. The highest BCUT2D eigenvalue weighted by Gasteiger charge is 2.12. The molecule has 0 fully saturated rings. The molecule has 0 saturated heterocycles. The van der Waals surface area contributed by atoms with Crippen molar-refractivity contribution in [1.29, 1.82) is 0 Å². The van der Waals surface area contributed by atoms with Crippen LogP contribution >= 0.6 is 11.6 Å². The lowest BCUT2D eigenvalue weighted by Crippen LogP contribution is -2.03. The highest BCUT2D eigenvalue weighted by Crippen LogP contribution is 2.33. The maximum absolute atomic E-state index is 6.33. The minimum Gasteiger partial charge on any atom is -0.497 e. The van der Waals surface area contributed by atoms with Crippen molar-refractivity contribution in [2.75, 3.05) is 19.5 Å². The molecule has 34 heavy (non-hydrogen) atoms. The molecule has 0 saturated carbocycles. The molecular weight excluding hydrogens is 450 g/mol. The molecule has 0 radical (unpaired) electrons. The van der Waals surface area contributed by atoms with E-state index in [-0.39, 0.29) is 0 Å². The average molecular weight is 472 g/mol. The lowest BCUT2D eigenvalue weighted by atomic mass is 10.0. The van der Waals surface area contributed by atoms with Gasteiger partial charge < -0.3 is 14.8 Å². The van der Waals surface area contributed by atoms with Gasteiger partial charge in [0.15, 0.2) is 0 Å². The van der Waals surface area contributed by atoms with E-state index in [0.717, 1.165) is 50.5 Å². The van der Waals surface area contributed by atoms with E-state index in [1.807, 2.05) is 65.5 Å². The van der Waals surface area contributed by atoms with E-state index in [1.165, 1.54) is 0 Å². The van der Waals surface area contributed by atoms with Crippen LogP contribution in [-0.2, 0) is 6.54 Å². The van der Waals surface area contributed by atoms with Crippen LogP contribution in [0.1, 0.15) is 5.56 Å². The van der Waals surface area contributed by atoms with Gasteiger partial charge in [-0.15, -0.1) is 0 Å². The fourth-order valence-electron chi connectivity index (χ4n) is 3.91. The summed E-state index contributed by atoms with van der Waals surface area (Å²) in [5.74, 6) is 1.51. The van der Waals surface area contributed by atoms with Crippen LogP contribution in [0.5, 0.6) is 11.5 Å². The lowest BCUT2D eigenvalue weighted by molar-refractivity contribution is 0.391. The summed E-state index contributed by atoms with van der Waals surface area (Å²) in [6, 6.07) is 19.5. The Labute approximate surface area is 201 Å². The van der Waals surface area contributed by atoms with Crippen molar-refractivity contribution in [1.82, 2.24) is 20.0 Å². The zero-order valence-electron chi connectivity index (χ0n) is 18.7. The summed E-state index contributed by atoms with van der Waals surface area (Å²) in [7, 11) is 3.29. The van der Waals surface area contributed by atoms with Gasteiger partial charge in [0, 0.05) is 46.5 Å². The largest absolute Gasteiger partial charge is 0.497 e. The molecule has 3 aromatic carbocycles. The Morgan fingerprint density at radius 3 is 2.71 bits per heavy atom. The predicted octanol–water partition coefficient (Wildman–Crippen LogP) is 5.77. The van der Waals surface area contributed by atoms with Gasteiger partial charge in [-0.05, 0) is 54.1 Å². The molecule has 0 bridgehead atoms. The van der Waals surface area contributed by atoms with Gasteiger partial charge in [0.2, 0.25) is 0 Å². The molecule has 8 heteroatoms. The van der Waals surface area contributed by atoms with Crippen LogP contribution in [-0.4, -0.2) is 34.2 Å². The molecule has 0 amide bonds. The van der Waals surface area contributed by atoms with Crippen LogP contribution in [0.2, 0.25) is 5.02 Å². The highest BCUT2D eigenvalue weighted by molar-refractivity contribution is 6.31. The number of halogens is 1. The third kappa shape index (κ3) is 4.25. The summed E-state index contributed by atoms with van der Waals surface area (Å²) < 4.78 is 12.6. The molecule has 0 unspecified atom stereocenters. The second kappa shape index (κ2) is 9.41. The van der Waals surface area contributed by atoms with Crippen LogP contribution in [0.15, 0.2) is 79.3 Å².